The average molecular weight is 477 g/mol. The molecule has 4 aromatic carbocycles. The fraction of sp³-hybridized carbons (Fsp3) is 0. The number of hydrogen-bond acceptors (Lipinski definition) is 5. The van der Waals surface area contributed by atoms with E-state index in [1.165, 1.54) is 18.5 Å². The van der Waals surface area contributed by atoms with Gasteiger partial charge >= 0.3 is 0 Å². The molecule has 1 aromatic heterocycles. The number of rotatable bonds is 7. The molecule has 0 saturated carbocycles. The molecule has 0 atom stereocenters. The van der Waals surface area contributed by atoms with E-state index in [2.05, 4.69) is 20.6 Å². The van der Waals surface area contributed by atoms with Gasteiger partial charge in [-0.25, -0.2) is 14.4 Å². The van der Waals surface area contributed by atoms with Crippen LogP contribution in [0.15, 0.2) is 116 Å². The number of anilines is 3. The molecule has 0 spiro atoms. The minimum Gasteiger partial charge on any atom is -0.457 e. The van der Waals surface area contributed by atoms with Gasteiger partial charge in [-0.2, -0.15) is 0 Å². The Morgan fingerprint density at radius 1 is 0.722 bits per heavy atom. The minimum absolute atomic E-state index is 0.245. The zero-order valence-corrected chi connectivity index (χ0v) is 19.1. The fourth-order valence-corrected chi connectivity index (χ4v) is 3.52. The van der Waals surface area contributed by atoms with Gasteiger partial charge < -0.3 is 15.4 Å². The number of halogens is 1. The Hall–Kier alpha value is -5.04. The quantitative estimate of drug-likeness (QED) is 0.263. The van der Waals surface area contributed by atoms with Crippen molar-refractivity contribution in [2.75, 3.05) is 10.6 Å². The molecule has 1 heterocycles. The van der Waals surface area contributed by atoms with Gasteiger partial charge in [-0.1, -0.05) is 24.3 Å². The van der Waals surface area contributed by atoms with E-state index in [-0.39, 0.29) is 11.7 Å². The zero-order valence-electron chi connectivity index (χ0n) is 19.1. The molecular weight excluding hydrogens is 455 g/mol. The molecule has 0 radical (unpaired) electrons. The van der Waals surface area contributed by atoms with Crippen molar-refractivity contribution in [3.8, 4) is 22.8 Å². The van der Waals surface area contributed by atoms with Gasteiger partial charge in [0.1, 0.15) is 29.5 Å². The van der Waals surface area contributed by atoms with Crippen LogP contribution in [-0.2, 0) is 0 Å². The molecule has 7 heteroatoms. The van der Waals surface area contributed by atoms with Crippen molar-refractivity contribution in [2.45, 2.75) is 0 Å². The summed E-state index contributed by atoms with van der Waals surface area (Å²) in [6.07, 6.45) is 1.43. The van der Waals surface area contributed by atoms with Gasteiger partial charge in [0.15, 0.2) is 0 Å². The largest absolute Gasteiger partial charge is 0.457 e. The van der Waals surface area contributed by atoms with Crippen LogP contribution in [0.25, 0.3) is 11.3 Å². The first kappa shape index (κ1) is 22.7. The Labute approximate surface area is 207 Å². The SMILES string of the molecule is O=C(Nc1ccc(Oc2ccccc2)cc1)c1cccc(Nc2cc(-c3ccc(F)cc3)ncn2)c1. The monoisotopic (exact) mass is 476 g/mol. The van der Waals surface area contributed by atoms with Crippen LogP contribution in [0.5, 0.6) is 11.5 Å². The maximum Gasteiger partial charge on any atom is 0.255 e. The number of benzene rings is 4. The fourth-order valence-electron chi connectivity index (χ4n) is 3.52. The van der Waals surface area contributed by atoms with Crippen LogP contribution in [-0.4, -0.2) is 15.9 Å². The van der Waals surface area contributed by atoms with E-state index in [0.29, 0.717) is 34.2 Å². The summed E-state index contributed by atoms with van der Waals surface area (Å²) in [5.41, 5.74) is 3.25. The molecule has 0 unspecified atom stereocenters. The molecule has 0 aliphatic carbocycles. The predicted molar refractivity (Wildman–Crippen MR) is 138 cm³/mol. The van der Waals surface area contributed by atoms with Crippen LogP contribution in [0, 0.1) is 5.82 Å². The number of aromatic nitrogens is 2. The number of para-hydroxylation sites is 1. The maximum absolute atomic E-state index is 13.2. The summed E-state index contributed by atoms with van der Waals surface area (Å²) in [5, 5.41) is 6.09. The van der Waals surface area contributed by atoms with E-state index in [0.717, 1.165) is 11.3 Å². The molecule has 0 aliphatic heterocycles. The van der Waals surface area contributed by atoms with E-state index >= 15 is 0 Å². The first-order chi connectivity index (χ1) is 17.6. The molecule has 6 nitrogen and oxygen atoms in total. The van der Waals surface area contributed by atoms with Crippen LogP contribution in [0.4, 0.5) is 21.6 Å². The first-order valence-electron chi connectivity index (χ1n) is 11.2. The number of hydrogen-bond donors (Lipinski definition) is 2. The summed E-state index contributed by atoms with van der Waals surface area (Å²) in [6, 6.07) is 31.6. The third-order valence-corrected chi connectivity index (χ3v) is 5.30. The van der Waals surface area contributed by atoms with Crippen LogP contribution < -0.4 is 15.4 Å². The van der Waals surface area contributed by atoms with E-state index < -0.39 is 0 Å². The lowest BCUT2D eigenvalue weighted by atomic mass is 10.1. The van der Waals surface area contributed by atoms with Gasteiger partial charge in [0.25, 0.3) is 5.91 Å². The molecule has 2 N–H and O–H groups in total. The lowest BCUT2D eigenvalue weighted by Crippen LogP contribution is -2.12. The second kappa shape index (κ2) is 10.5. The van der Waals surface area contributed by atoms with Crippen LogP contribution >= 0.6 is 0 Å². The van der Waals surface area contributed by atoms with Gasteiger partial charge in [0, 0.05) is 28.6 Å². The van der Waals surface area contributed by atoms with Gasteiger partial charge in [0.05, 0.1) is 5.69 Å². The highest BCUT2D eigenvalue weighted by molar-refractivity contribution is 6.04. The second-order valence-electron chi connectivity index (χ2n) is 7.89. The summed E-state index contributed by atoms with van der Waals surface area (Å²) in [6.45, 7) is 0. The third-order valence-electron chi connectivity index (χ3n) is 5.30. The molecule has 36 heavy (non-hydrogen) atoms. The normalized spacial score (nSPS) is 10.5. The van der Waals surface area contributed by atoms with Crippen molar-refractivity contribution in [3.63, 3.8) is 0 Å². The molecule has 1 amide bonds. The highest BCUT2D eigenvalue weighted by Crippen LogP contribution is 2.24. The zero-order chi connectivity index (χ0) is 24.7. The highest BCUT2D eigenvalue weighted by Gasteiger charge is 2.09. The molecule has 0 bridgehead atoms. The summed E-state index contributed by atoms with van der Waals surface area (Å²) in [5.74, 6) is 1.42. The summed E-state index contributed by atoms with van der Waals surface area (Å²) in [4.78, 5) is 21.3. The van der Waals surface area contributed by atoms with E-state index in [1.54, 1.807) is 60.7 Å². The summed E-state index contributed by atoms with van der Waals surface area (Å²) < 4.78 is 19.0. The Kier molecular flexibility index (Phi) is 6.62. The molecule has 0 fully saturated rings. The van der Waals surface area contributed by atoms with Gasteiger partial charge in [0.2, 0.25) is 0 Å². The smallest absolute Gasteiger partial charge is 0.255 e. The van der Waals surface area contributed by atoms with E-state index in [9.17, 15) is 9.18 Å². The number of ether oxygens (including phenoxy) is 1. The second-order valence-corrected chi connectivity index (χ2v) is 7.89. The number of nitrogens with zero attached hydrogens (tertiary/aromatic N) is 2. The van der Waals surface area contributed by atoms with Gasteiger partial charge in [-0.15, -0.1) is 0 Å². The number of carbonyl (C=O) groups excluding carboxylic acids is 1. The first-order valence-corrected chi connectivity index (χ1v) is 11.2. The van der Waals surface area contributed by atoms with Crippen molar-refractivity contribution < 1.29 is 13.9 Å². The minimum atomic E-state index is -0.308. The lowest BCUT2D eigenvalue weighted by Gasteiger charge is -2.10. The molecule has 0 aliphatic rings. The maximum atomic E-state index is 13.2. The average Bonchev–Trinajstić information content (AvgIpc) is 2.91. The third kappa shape index (κ3) is 5.71. The number of amides is 1. The standard InChI is InChI=1S/C29H21FN4O2/c30-22-11-9-20(10-12-22)27-18-28(32-19-31-27)33-24-6-4-5-21(17-24)29(35)34-23-13-15-26(16-14-23)36-25-7-2-1-3-8-25/h1-19H,(H,34,35)(H,31,32,33). The van der Waals surface area contributed by atoms with Crippen molar-refractivity contribution >= 4 is 23.1 Å². The van der Waals surface area contributed by atoms with Crippen molar-refractivity contribution in [1.82, 2.24) is 9.97 Å². The molecule has 5 aromatic rings. The van der Waals surface area contributed by atoms with Crippen molar-refractivity contribution in [3.05, 3.63) is 127 Å². The van der Waals surface area contributed by atoms with Gasteiger partial charge in [-0.3, -0.25) is 4.79 Å². The molecule has 176 valence electrons. The van der Waals surface area contributed by atoms with Gasteiger partial charge in [-0.05, 0) is 78.9 Å². The Balaban J connectivity index is 1.25. The number of carbonyl (C=O) groups is 1. The molecular formula is C29H21FN4O2. The Bertz CT molecular complexity index is 1470. The summed E-state index contributed by atoms with van der Waals surface area (Å²) >= 11 is 0. The molecule has 5 rings (SSSR count). The topological polar surface area (TPSA) is 76.1 Å². The predicted octanol–water partition coefficient (Wildman–Crippen LogP) is 7.07. The van der Waals surface area contributed by atoms with Crippen molar-refractivity contribution in [2.24, 2.45) is 0 Å². The number of nitrogens with one attached hydrogen (secondary N) is 2. The van der Waals surface area contributed by atoms with E-state index in [4.69, 9.17) is 4.74 Å². The van der Waals surface area contributed by atoms with E-state index in [1.807, 2.05) is 36.4 Å². The highest BCUT2D eigenvalue weighted by atomic mass is 19.1. The van der Waals surface area contributed by atoms with Crippen LogP contribution in [0.2, 0.25) is 0 Å². The molecule has 0 saturated heterocycles. The lowest BCUT2D eigenvalue weighted by molar-refractivity contribution is 0.102. The van der Waals surface area contributed by atoms with Crippen LogP contribution in [0.1, 0.15) is 10.4 Å². The van der Waals surface area contributed by atoms with Crippen molar-refractivity contribution in [1.29, 1.82) is 0 Å². The Morgan fingerprint density at radius 2 is 1.47 bits per heavy atom. The summed E-state index contributed by atoms with van der Waals surface area (Å²) in [7, 11) is 0. The Morgan fingerprint density at radius 3 is 2.25 bits per heavy atom. The van der Waals surface area contributed by atoms with Crippen LogP contribution in [0.3, 0.4) is 0 Å².